The molecule has 0 aromatic carbocycles. The van der Waals surface area contributed by atoms with Crippen molar-refractivity contribution in [2.75, 3.05) is 13.2 Å². The van der Waals surface area contributed by atoms with Crippen LogP contribution in [-0.2, 0) is 23.9 Å². The van der Waals surface area contributed by atoms with Crippen LogP contribution in [0.15, 0.2) is 22.3 Å². The summed E-state index contributed by atoms with van der Waals surface area (Å²) in [4.78, 5) is 38.9. The summed E-state index contributed by atoms with van der Waals surface area (Å²) in [7, 11) is 0. The fourth-order valence-electron chi connectivity index (χ4n) is 5.61. The lowest BCUT2D eigenvalue weighted by Gasteiger charge is -2.43. The Kier molecular flexibility index (Phi) is 6.65. The molecule has 160 valence electrons. The van der Waals surface area contributed by atoms with E-state index in [1.807, 2.05) is 6.92 Å². The van der Waals surface area contributed by atoms with E-state index in [9.17, 15) is 14.4 Å². The Hall–Kier alpha value is -1.91. The first-order valence-electron chi connectivity index (χ1n) is 11.2. The molecule has 5 nitrogen and oxygen atoms in total. The van der Waals surface area contributed by atoms with Gasteiger partial charge in [-0.05, 0) is 70.1 Å². The Morgan fingerprint density at radius 3 is 1.83 bits per heavy atom. The molecule has 2 unspecified atom stereocenters. The number of rotatable bonds is 4. The van der Waals surface area contributed by atoms with E-state index in [4.69, 9.17) is 9.47 Å². The Bertz CT molecular complexity index is 749. The number of fused-ring (bicyclic) bond motifs is 1. The number of allylic oxidation sites excluding steroid dienone is 4. The van der Waals surface area contributed by atoms with Crippen LogP contribution in [0.1, 0.15) is 79.1 Å². The number of ether oxygens (including phenoxy) is 2. The molecule has 3 aliphatic rings. The first-order valence-corrected chi connectivity index (χ1v) is 11.2. The molecule has 1 spiro atoms. The van der Waals surface area contributed by atoms with Crippen molar-refractivity contribution in [3.05, 3.63) is 22.3 Å². The molecule has 29 heavy (non-hydrogen) atoms. The minimum Gasteiger partial charge on any atom is -0.466 e. The van der Waals surface area contributed by atoms with Crippen LogP contribution in [-0.4, -0.2) is 30.9 Å². The lowest BCUT2D eigenvalue weighted by molar-refractivity contribution is -0.160. The zero-order valence-corrected chi connectivity index (χ0v) is 18.3. The summed E-state index contributed by atoms with van der Waals surface area (Å²) in [6.07, 6.45) is 7.07. The molecule has 3 rings (SSSR count). The molecule has 2 fully saturated rings. The second-order valence-electron chi connectivity index (χ2n) is 8.66. The number of ketones is 1. The maximum absolute atomic E-state index is 13.5. The highest BCUT2D eigenvalue weighted by Crippen LogP contribution is 2.53. The van der Waals surface area contributed by atoms with Gasteiger partial charge in [0.1, 0.15) is 0 Å². The summed E-state index contributed by atoms with van der Waals surface area (Å²) in [6.45, 7) is 8.08. The summed E-state index contributed by atoms with van der Waals surface area (Å²) in [5, 5.41) is 0. The van der Waals surface area contributed by atoms with Crippen LogP contribution >= 0.6 is 0 Å². The number of carbonyl (C=O) groups is 3. The molecule has 2 atom stereocenters. The van der Waals surface area contributed by atoms with Crippen molar-refractivity contribution in [2.45, 2.75) is 79.1 Å². The van der Waals surface area contributed by atoms with E-state index in [2.05, 4.69) is 6.92 Å². The van der Waals surface area contributed by atoms with E-state index in [1.165, 1.54) is 12.8 Å². The predicted octanol–water partition coefficient (Wildman–Crippen LogP) is 4.70. The zero-order valence-electron chi connectivity index (χ0n) is 18.3. The van der Waals surface area contributed by atoms with Crippen LogP contribution in [0.4, 0.5) is 0 Å². The first kappa shape index (κ1) is 21.8. The zero-order chi connectivity index (χ0) is 21.2. The summed E-state index contributed by atoms with van der Waals surface area (Å²) < 4.78 is 10.6. The third-order valence-electron chi connectivity index (χ3n) is 7.23. The average molecular weight is 403 g/mol. The van der Waals surface area contributed by atoms with Gasteiger partial charge in [-0.2, -0.15) is 0 Å². The largest absolute Gasteiger partial charge is 0.466 e. The van der Waals surface area contributed by atoms with Crippen LogP contribution in [0, 0.1) is 17.3 Å². The van der Waals surface area contributed by atoms with E-state index in [0.29, 0.717) is 12.8 Å². The summed E-state index contributed by atoms with van der Waals surface area (Å²) in [5.74, 6) is -1.62. The molecule has 0 aromatic rings. The molecule has 2 saturated carbocycles. The van der Waals surface area contributed by atoms with E-state index < -0.39 is 17.3 Å². The van der Waals surface area contributed by atoms with Crippen LogP contribution in [0.25, 0.3) is 0 Å². The highest BCUT2D eigenvalue weighted by Gasteiger charge is 2.50. The van der Waals surface area contributed by atoms with Gasteiger partial charge < -0.3 is 9.47 Å². The fraction of sp³-hybridized carbons (Fsp3) is 0.708. The number of hydrogen-bond donors (Lipinski definition) is 0. The minimum absolute atomic E-state index is 0.229. The Balaban J connectivity index is 2.05. The number of esters is 2. The number of hydrogen-bond acceptors (Lipinski definition) is 5. The maximum Gasteiger partial charge on any atom is 0.310 e. The molecule has 3 aliphatic carbocycles. The summed E-state index contributed by atoms with van der Waals surface area (Å²) >= 11 is 0. The van der Waals surface area contributed by atoms with E-state index >= 15 is 0 Å². The van der Waals surface area contributed by atoms with Gasteiger partial charge in [0.15, 0.2) is 5.78 Å². The Morgan fingerprint density at radius 1 is 0.862 bits per heavy atom. The maximum atomic E-state index is 13.5. The third-order valence-corrected chi connectivity index (χ3v) is 7.23. The predicted molar refractivity (Wildman–Crippen MR) is 110 cm³/mol. The number of Topliss-reactive ketones (excluding diaryl/α,β-unsaturated/α-hetero) is 1. The average Bonchev–Trinajstić information content (AvgIpc) is 2.97. The molecule has 5 heteroatoms. The molecule has 0 saturated heterocycles. The molecule has 0 N–H and O–H groups in total. The van der Waals surface area contributed by atoms with Crippen LogP contribution in [0.3, 0.4) is 0 Å². The molecule has 0 radical (unpaired) electrons. The van der Waals surface area contributed by atoms with Gasteiger partial charge in [-0.1, -0.05) is 31.3 Å². The van der Waals surface area contributed by atoms with Crippen molar-refractivity contribution in [2.24, 2.45) is 17.3 Å². The van der Waals surface area contributed by atoms with Crippen molar-refractivity contribution in [1.29, 1.82) is 0 Å². The SMILES string of the molecule is CCOC(=O)C1CC2=C(C)C(=O)C3(CCCCCC3)C(C)=C2CC1C(=O)OCC. The van der Waals surface area contributed by atoms with Crippen LogP contribution in [0.2, 0.25) is 0 Å². The van der Waals surface area contributed by atoms with Crippen molar-refractivity contribution in [3.63, 3.8) is 0 Å². The smallest absolute Gasteiger partial charge is 0.310 e. The Morgan fingerprint density at radius 2 is 1.34 bits per heavy atom. The van der Waals surface area contributed by atoms with Crippen LogP contribution in [0.5, 0.6) is 0 Å². The van der Waals surface area contributed by atoms with Crippen LogP contribution < -0.4 is 0 Å². The van der Waals surface area contributed by atoms with E-state index in [0.717, 1.165) is 48.0 Å². The van der Waals surface area contributed by atoms with E-state index in [-0.39, 0.29) is 30.9 Å². The lowest BCUT2D eigenvalue weighted by atomic mass is 9.59. The molecule has 0 aliphatic heterocycles. The van der Waals surface area contributed by atoms with Crippen molar-refractivity contribution in [1.82, 2.24) is 0 Å². The van der Waals surface area contributed by atoms with Crippen molar-refractivity contribution >= 4 is 17.7 Å². The lowest BCUT2D eigenvalue weighted by Crippen LogP contribution is -2.42. The fourth-order valence-corrected chi connectivity index (χ4v) is 5.61. The standard InChI is InChI=1S/C24H34O5/c1-5-28-22(26)19-13-17-15(3)21(25)24(11-9-7-8-10-12-24)16(4)18(17)14-20(19)23(27)29-6-2/h19-20H,5-14H2,1-4H3. The quantitative estimate of drug-likeness (QED) is 0.638. The Labute approximate surface area is 173 Å². The molecule has 0 bridgehead atoms. The first-order chi connectivity index (χ1) is 13.9. The van der Waals surface area contributed by atoms with Gasteiger partial charge >= 0.3 is 11.9 Å². The van der Waals surface area contributed by atoms with Gasteiger partial charge in [0.05, 0.1) is 30.5 Å². The van der Waals surface area contributed by atoms with Crippen molar-refractivity contribution < 1.29 is 23.9 Å². The molecule has 0 aromatic heterocycles. The molecular formula is C24H34O5. The monoisotopic (exact) mass is 402 g/mol. The highest BCUT2D eigenvalue weighted by atomic mass is 16.5. The minimum atomic E-state index is -0.591. The third kappa shape index (κ3) is 3.80. The second kappa shape index (κ2) is 8.85. The highest BCUT2D eigenvalue weighted by molar-refractivity contribution is 6.05. The van der Waals surface area contributed by atoms with Gasteiger partial charge in [0.25, 0.3) is 0 Å². The topological polar surface area (TPSA) is 69.7 Å². The second-order valence-corrected chi connectivity index (χ2v) is 8.66. The van der Waals surface area contributed by atoms with Gasteiger partial charge in [0, 0.05) is 0 Å². The number of carbonyl (C=O) groups excluding carboxylic acids is 3. The summed E-state index contributed by atoms with van der Waals surface area (Å²) in [5.41, 5.74) is 3.56. The van der Waals surface area contributed by atoms with Crippen molar-refractivity contribution in [3.8, 4) is 0 Å². The van der Waals surface area contributed by atoms with Gasteiger partial charge in [-0.15, -0.1) is 0 Å². The van der Waals surface area contributed by atoms with Gasteiger partial charge in [-0.25, -0.2) is 0 Å². The van der Waals surface area contributed by atoms with Gasteiger partial charge in [0.2, 0.25) is 0 Å². The van der Waals surface area contributed by atoms with Gasteiger partial charge in [-0.3, -0.25) is 14.4 Å². The van der Waals surface area contributed by atoms with E-state index in [1.54, 1.807) is 13.8 Å². The normalized spacial score (nSPS) is 26.8. The molecule has 0 heterocycles. The molecular weight excluding hydrogens is 368 g/mol. The molecule has 0 amide bonds. The summed E-state index contributed by atoms with van der Waals surface area (Å²) in [6, 6.07) is 0.